The molecule has 0 aliphatic rings. The van der Waals surface area contributed by atoms with Crippen LogP contribution in [0.1, 0.15) is 5.56 Å². The highest BCUT2D eigenvalue weighted by Crippen LogP contribution is 2.25. The van der Waals surface area contributed by atoms with Gasteiger partial charge >= 0.3 is 0 Å². The largest absolute Gasteiger partial charge is 0.497 e. The first-order chi connectivity index (χ1) is 15.5. The molecule has 0 radical (unpaired) electrons. The van der Waals surface area contributed by atoms with Crippen LogP contribution in [0.5, 0.6) is 11.5 Å². The Hall–Kier alpha value is -3.84. The molecule has 0 saturated heterocycles. The Morgan fingerprint density at radius 1 is 1.00 bits per heavy atom. The lowest BCUT2D eigenvalue weighted by Gasteiger charge is -2.08. The first kappa shape index (κ1) is 21.4. The van der Waals surface area contributed by atoms with Gasteiger partial charge in [-0.15, -0.1) is 0 Å². The second-order valence-corrected chi connectivity index (χ2v) is 7.38. The Bertz CT molecular complexity index is 1220. The Morgan fingerprint density at radius 2 is 1.69 bits per heavy atom. The normalized spacial score (nSPS) is 10.6. The topological polar surface area (TPSA) is 86.5 Å². The van der Waals surface area contributed by atoms with E-state index < -0.39 is 0 Å². The number of anilines is 1. The van der Waals surface area contributed by atoms with Crippen LogP contribution in [0.3, 0.4) is 0 Å². The number of hydrogen-bond donors (Lipinski definition) is 1. The lowest BCUT2D eigenvalue weighted by Crippen LogP contribution is -2.20. The number of methoxy groups -OCH3 is 1. The van der Waals surface area contributed by atoms with Gasteiger partial charge in [-0.3, -0.25) is 4.79 Å². The van der Waals surface area contributed by atoms with Crippen LogP contribution < -0.4 is 14.8 Å². The van der Waals surface area contributed by atoms with Gasteiger partial charge in [0.2, 0.25) is 5.82 Å². The number of rotatable bonds is 7. The van der Waals surface area contributed by atoms with E-state index in [0.29, 0.717) is 28.2 Å². The molecule has 1 N–H and O–H groups in total. The molecule has 4 aromatic rings. The summed E-state index contributed by atoms with van der Waals surface area (Å²) in [5.41, 5.74) is 3.12. The second-order valence-electron chi connectivity index (χ2n) is 6.98. The quantitative estimate of drug-likeness (QED) is 0.407. The molecule has 0 saturated carbocycles. The maximum atomic E-state index is 12.1. The van der Waals surface area contributed by atoms with Crippen molar-refractivity contribution in [2.75, 3.05) is 19.0 Å². The average molecular weight is 450 g/mol. The summed E-state index contributed by atoms with van der Waals surface area (Å²) in [5.74, 6) is 1.88. The molecule has 0 fully saturated rings. The third-order valence-corrected chi connectivity index (χ3v) is 5.11. The lowest BCUT2D eigenvalue weighted by atomic mass is 10.2. The molecule has 1 aromatic heterocycles. The molecule has 162 valence electrons. The lowest BCUT2D eigenvalue weighted by molar-refractivity contribution is -0.118. The van der Waals surface area contributed by atoms with Crippen LogP contribution in [-0.2, 0) is 4.79 Å². The zero-order valence-electron chi connectivity index (χ0n) is 17.5. The van der Waals surface area contributed by atoms with E-state index in [0.717, 1.165) is 22.4 Å². The molecular formula is C24H20ClN3O4. The molecule has 1 amide bonds. The maximum absolute atomic E-state index is 12.1. The van der Waals surface area contributed by atoms with E-state index in [-0.39, 0.29) is 12.5 Å². The highest BCUT2D eigenvalue weighted by Gasteiger charge is 2.11. The van der Waals surface area contributed by atoms with Crippen molar-refractivity contribution in [3.63, 3.8) is 0 Å². The summed E-state index contributed by atoms with van der Waals surface area (Å²) < 4.78 is 16.1. The van der Waals surface area contributed by atoms with E-state index in [1.807, 2.05) is 37.3 Å². The fourth-order valence-electron chi connectivity index (χ4n) is 2.91. The predicted octanol–water partition coefficient (Wildman–Crippen LogP) is 5.39. The van der Waals surface area contributed by atoms with Gasteiger partial charge in [0.25, 0.3) is 11.8 Å². The van der Waals surface area contributed by atoms with Crippen molar-refractivity contribution < 1.29 is 18.8 Å². The molecule has 0 aliphatic carbocycles. The minimum atomic E-state index is -0.282. The number of amides is 1. The van der Waals surface area contributed by atoms with Crippen molar-refractivity contribution in [3.8, 4) is 34.3 Å². The molecule has 1 heterocycles. The zero-order chi connectivity index (χ0) is 22.5. The maximum Gasteiger partial charge on any atom is 0.262 e. The SMILES string of the molecule is COc1ccc(-c2noc(-c3ccc(OCC(=O)Nc4ccc(C)c(Cl)c4)cc3)n2)cc1. The van der Waals surface area contributed by atoms with Crippen molar-refractivity contribution in [1.82, 2.24) is 10.1 Å². The summed E-state index contributed by atoms with van der Waals surface area (Å²) in [6, 6.07) is 19.8. The van der Waals surface area contributed by atoms with Gasteiger partial charge < -0.3 is 19.3 Å². The van der Waals surface area contributed by atoms with Crippen LogP contribution in [0.2, 0.25) is 5.02 Å². The van der Waals surface area contributed by atoms with E-state index in [1.54, 1.807) is 43.5 Å². The minimum absolute atomic E-state index is 0.132. The van der Waals surface area contributed by atoms with Crippen molar-refractivity contribution >= 4 is 23.2 Å². The number of halogens is 1. The van der Waals surface area contributed by atoms with Crippen LogP contribution in [0.4, 0.5) is 5.69 Å². The molecule has 4 rings (SSSR count). The summed E-state index contributed by atoms with van der Waals surface area (Å²) in [6.45, 7) is 1.77. The first-order valence-corrected chi connectivity index (χ1v) is 10.2. The fourth-order valence-corrected chi connectivity index (χ4v) is 3.09. The van der Waals surface area contributed by atoms with E-state index in [9.17, 15) is 4.79 Å². The standard InChI is InChI=1S/C24H20ClN3O4/c1-15-3-8-18(13-21(15)25)26-22(29)14-31-20-11-6-17(7-12-20)24-27-23(28-32-24)16-4-9-19(30-2)10-5-16/h3-13H,14H2,1-2H3,(H,26,29). The van der Waals surface area contributed by atoms with E-state index in [4.69, 9.17) is 25.6 Å². The number of hydrogen-bond acceptors (Lipinski definition) is 6. The summed E-state index contributed by atoms with van der Waals surface area (Å²) in [7, 11) is 1.61. The van der Waals surface area contributed by atoms with Gasteiger partial charge in [-0.2, -0.15) is 4.98 Å². The summed E-state index contributed by atoms with van der Waals surface area (Å²) in [4.78, 5) is 16.6. The molecule has 0 unspecified atom stereocenters. The fraction of sp³-hybridized carbons (Fsp3) is 0.125. The van der Waals surface area contributed by atoms with Gasteiger partial charge in [0.05, 0.1) is 7.11 Å². The monoisotopic (exact) mass is 449 g/mol. The van der Waals surface area contributed by atoms with Crippen LogP contribution in [0.25, 0.3) is 22.8 Å². The van der Waals surface area contributed by atoms with Crippen molar-refractivity contribution in [2.24, 2.45) is 0 Å². The van der Waals surface area contributed by atoms with Crippen molar-refractivity contribution in [1.29, 1.82) is 0 Å². The van der Waals surface area contributed by atoms with E-state index in [2.05, 4.69) is 15.5 Å². The Morgan fingerprint density at radius 3 is 2.38 bits per heavy atom. The van der Waals surface area contributed by atoms with Gasteiger partial charge in [-0.25, -0.2) is 0 Å². The van der Waals surface area contributed by atoms with Crippen LogP contribution in [-0.4, -0.2) is 29.8 Å². The molecule has 7 nitrogen and oxygen atoms in total. The average Bonchev–Trinajstić information content (AvgIpc) is 3.31. The number of carbonyl (C=O) groups excluding carboxylic acids is 1. The molecule has 0 bridgehead atoms. The molecule has 32 heavy (non-hydrogen) atoms. The van der Waals surface area contributed by atoms with Crippen molar-refractivity contribution in [3.05, 3.63) is 77.3 Å². The predicted molar refractivity (Wildman–Crippen MR) is 122 cm³/mol. The van der Waals surface area contributed by atoms with Gasteiger partial charge in [-0.1, -0.05) is 22.8 Å². The third-order valence-electron chi connectivity index (χ3n) is 4.70. The third kappa shape index (κ3) is 5.07. The van der Waals surface area contributed by atoms with Gasteiger partial charge in [0.15, 0.2) is 6.61 Å². The number of benzene rings is 3. The highest BCUT2D eigenvalue weighted by atomic mass is 35.5. The smallest absolute Gasteiger partial charge is 0.262 e. The van der Waals surface area contributed by atoms with Crippen molar-refractivity contribution in [2.45, 2.75) is 6.92 Å². The number of aromatic nitrogens is 2. The molecule has 0 aliphatic heterocycles. The molecular weight excluding hydrogens is 430 g/mol. The Labute approximate surface area is 189 Å². The summed E-state index contributed by atoms with van der Waals surface area (Å²) >= 11 is 6.08. The van der Waals surface area contributed by atoms with Crippen LogP contribution >= 0.6 is 11.6 Å². The first-order valence-electron chi connectivity index (χ1n) is 9.79. The van der Waals surface area contributed by atoms with Gasteiger partial charge in [0, 0.05) is 21.8 Å². The minimum Gasteiger partial charge on any atom is -0.497 e. The van der Waals surface area contributed by atoms with E-state index in [1.165, 1.54) is 0 Å². The molecule has 0 atom stereocenters. The number of nitrogens with one attached hydrogen (secondary N) is 1. The molecule has 0 spiro atoms. The number of nitrogens with zero attached hydrogens (tertiary/aromatic N) is 2. The number of ether oxygens (including phenoxy) is 2. The molecule has 8 heteroatoms. The second kappa shape index (κ2) is 9.53. The van der Waals surface area contributed by atoms with Gasteiger partial charge in [-0.05, 0) is 73.2 Å². The Kier molecular flexibility index (Phi) is 6.37. The van der Waals surface area contributed by atoms with E-state index >= 15 is 0 Å². The molecule has 3 aromatic carbocycles. The van der Waals surface area contributed by atoms with Crippen LogP contribution in [0.15, 0.2) is 71.3 Å². The van der Waals surface area contributed by atoms with Gasteiger partial charge in [0.1, 0.15) is 11.5 Å². The summed E-state index contributed by atoms with van der Waals surface area (Å²) in [6.07, 6.45) is 0. The Balaban J connectivity index is 1.35. The van der Waals surface area contributed by atoms with Crippen LogP contribution in [0, 0.1) is 6.92 Å². The zero-order valence-corrected chi connectivity index (χ0v) is 18.2. The highest BCUT2D eigenvalue weighted by molar-refractivity contribution is 6.31. The summed E-state index contributed by atoms with van der Waals surface area (Å²) in [5, 5.41) is 7.38. The number of aryl methyl sites for hydroxylation is 1. The number of carbonyl (C=O) groups is 1.